The molecule has 1 aromatic carbocycles. The number of amides is 1. The quantitative estimate of drug-likeness (QED) is 0.594. The molecule has 1 atom stereocenters. The second-order valence-corrected chi connectivity index (χ2v) is 6.80. The molecule has 0 bridgehead atoms. The number of hydrogen-bond donors (Lipinski definition) is 2. The van der Waals surface area contributed by atoms with E-state index in [1.54, 1.807) is 12.3 Å². The monoisotopic (exact) mass is 404 g/mol. The third kappa shape index (κ3) is 4.56. The highest BCUT2D eigenvalue weighted by atomic mass is 79.9. The number of rotatable bonds is 5. The molecule has 0 radical (unpaired) electrons. The van der Waals surface area contributed by atoms with Crippen LogP contribution in [0.15, 0.2) is 52.2 Å². The number of hydrazone groups is 1. The van der Waals surface area contributed by atoms with E-state index in [0.717, 1.165) is 28.8 Å². The lowest BCUT2D eigenvalue weighted by atomic mass is 10.0. The summed E-state index contributed by atoms with van der Waals surface area (Å²) in [5, 5.41) is 4.36. The Kier molecular flexibility index (Phi) is 6.01. The Bertz CT molecular complexity index is 739. The minimum Gasteiger partial charge on any atom is -0.379 e. The first kappa shape index (κ1) is 17.8. The zero-order valence-corrected chi connectivity index (χ0v) is 15.6. The summed E-state index contributed by atoms with van der Waals surface area (Å²) < 4.78 is 6.29. The Morgan fingerprint density at radius 2 is 2.04 bits per heavy atom. The van der Waals surface area contributed by atoms with Crippen molar-refractivity contribution in [1.29, 1.82) is 0 Å². The molecule has 1 saturated heterocycles. The van der Waals surface area contributed by atoms with Gasteiger partial charge in [0, 0.05) is 23.8 Å². The molecule has 132 valence electrons. The maximum absolute atomic E-state index is 12.2. The Balaban J connectivity index is 1.78. The van der Waals surface area contributed by atoms with Gasteiger partial charge in [0.15, 0.2) is 0 Å². The first-order chi connectivity index (χ1) is 12.1. The number of halogens is 1. The third-order valence-corrected chi connectivity index (χ3v) is 4.61. The lowest BCUT2D eigenvalue weighted by Crippen LogP contribution is -2.42. The van der Waals surface area contributed by atoms with Crippen molar-refractivity contribution in [1.82, 2.24) is 15.3 Å². The molecule has 0 saturated carbocycles. The molecule has 3 rings (SSSR count). The number of aromatic nitrogens is 1. The first-order valence-corrected chi connectivity index (χ1v) is 8.99. The molecule has 0 spiro atoms. The average molecular weight is 405 g/mol. The lowest BCUT2D eigenvalue weighted by molar-refractivity contribution is 0.0285. The van der Waals surface area contributed by atoms with Crippen LogP contribution in [0.2, 0.25) is 0 Å². The molecule has 1 aliphatic rings. The van der Waals surface area contributed by atoms with Crippen LogP contribution >= 0.6 is 15.9 Å². The molecular formula is C18H21BrN4O2. The van der Waals surface area contributed by atoms with Gasteiger partial charge in [0.1, 0.15) is 5.69 Å². The van der Waals surface area contributed by atoms with E-state index in [0.29, 0.717) is 18.9 Å². The fourth-order valence-electron chi connectivity index (χ4n) is 2.95. The number of hydrogen-bond acceptors (Lipinski definition) is 4. The minimum absolute atomic E-state index is 0.0146. The average Bonchev–Trinajstić information content (AvgIpc) is 3.08. The summed E-state index contributed by atoms with van der Waals surface area (Å²) in [4.78, 5) is 17.4. The van der Waals surface area contributed by atoms with Gasteiger partial charge in [-0.25, -0.2) is 5.43 Å². The van der Waals surface area contributed by atoms with E-state index in [2.05, 4.69) is 48.5 Å². The molecule has 0 aliphatic carbocycles. The highest BCUT2D eigenvalue weighted by molar-refractivity contribution is 9.10. The Labute approximate surface area is 155 Å². The van der Waals surface area contributed by atoms with E-state index in [-0.39, 0.29) is 11.9 Å². The van der Waals surface area contributed by atoms with Gasteiger partial charge in [-0.15, -0.1) is 0 Å². The normalized spacial score (nSPS) is 17.3. The van der Waals surface area contributed by atoms with E-state index < -0.39 is 0 Å². The van der Waals surface area contributed by atoms with Crippen LogP contribution in [-0.2, 0) is 4.74 Å². The number of benzene rings is 1. The fourth-order valence-corrected chi connectivity index (χ4v) is 3.29. The maximum atomic E-state index is 12.2. The Hall–Kier alpha value is -1.96. The summed E-state index contributed by atoms with van der Waals surface area (Å²) >= 11 is 3.32. The SMILES string of the molecule is C/C(=N/NC(=O)c1cc(Br)c[nH]1)[C@H](c1ccccc1)N1CCOCC1. The maximum Gasteiger partial charge on any atom is 0.287 e. The summed E-state index contributed by atoms with van der Waals surface area (Å²) in [6.45, 7) is 5.03. The summed E-state index contributed by atoms with van der Waals surface area (Å²) in [5.74, 6) is -0.265. The smallest absolute Gasteiger partial charge is 0.287 e. The van der Waals surface area contributed by atoms with E-state index in [1.807, 2.05) is 25.1 Å². The second-order valence-electron chi connectivity index (χ2n) is 5.89. The molecule has 25 heavy (non-hydrogen) atoms. The summed E-state index contributed by atoms with van der Waals surface area (Å²) in [6.07, 6.45) is 1.71. The van der Waals surface area contributed by atoms with Crippen LogP contribution in [-0.4, -0.2) is 47.8 Å². The molecule has 6 nitrogen and oxygen atoms in total. The molecule has 2 N–H and O–H groups in total. The van der Waals surface area contributed by atoms with Gasteiger partial charge < -0.3 is 9.72 Å². The predicted molar refractivity (Wildman–Crippen MR) is 101 cm³/mol. The number of carbonyl (C=O) groups is 1. The molecule has 2 aromatic rings. The van der Waals surface area contributed by atoms with Crippen LogP contribution in [0.5, 0.6) is 0 Å². The molecule has 2 heterocycles. The summed E-state index contributed by atoms with van der Waals surface area (Å²) in [6, 6.07) is 11.9. The van der Waals surface area contributed by atoms with Crippen molar-refractivity contribution in [3.8, 4) is 0 Å². The van der Waals surface area contributed by atoms with Gasteiger partial charge in [0.2, 0.25) is 0 Å². The van der Waals surface area contributed by atoms with Crippen molar-refractivity contribution in [2.75, 3.05) is 26.3 Å². The van der Waals surface area contributed by atoms with Crippen LogP contribution in [0.1, 0.15) is 29.0 Å². The van der Waals surface area contributed by atoms with Crippen molar-refractivity contribution < 1.29 is 9.53 Å². The zero-order valence-electron chi connectivity index (χ0n) is 14.0. The van der Waals surface area contributed by atoms with Gasteiger partial charge in [-0.2, -0.15) is 5.10 Å². The number of H-pyrrole nitrogens is 1. The van der Waals surface area contributed by atoms with E-state index >= 15 is 0 Å². The number of morpholine rings is 1. The van der Waals surface area contributed by atoms with Crippen molar-refractivity contribution >= 4 is 27.5 Å². The molecule has 7 heteroatoms. The number of nitrogens with zero attached hydrogens (tertiary/aromatic N) is 2. The zero-order chi connectivity index (χ0) is 17.6. The minimum atomic E-state index is -0.265. The van der Waals surface area contributed by atoms with E-state index in [9.17, 15) is 4.79 Å². The molecule has 0 unspecified atom stereocenters. The number of ether oxygens (including phenoxy) is 1. The van der Waals surface area contributed by atoms with Crippen molar-refractivity contribution in [2.24, 2.45) is 5.10 Å². The fraction of sp³-hybridized carbons (Fsp3) is 0.333. The van der Waals surface area contributed by atoms with Crippen LogP contribution < -0.4 is 5.43 Å². The number of aromatic amines is 1. The van der Waals surface area contributed by atoms with Crippen molar-refractivity contribution in [3.05, 3.63) is 58.3 Å². The number of carbonyl (C=O) groups excluding carboxylic acids is 1. The van der Waals surface area contributed by atoms with Gasteiger partial charge in [0.25, 0.3) is 5.91 Å². The summed E-state index contributed by atoms with van der Waals surface area (Å²) in [7, 11) is 0. The Morgan fingerprint density at radius 3 is 2.68 bits per heavy atom. The standard InChI is InChI=1S/C18H21BrN4O2/c1-13(21-22-18(24)16-11-15(19)12-20-16)17(14-5-3-2-4-6-14)23-7-9-25-10-8-23/h2-6,11-12,17,20H,7-10H2,1H3,(H,22,24)/b21-13-/t17-/m1/s1. The van der Waals surface area contributed by atoms with Gasteiger partial charge in [-0.05, 0) is 34.5 Å². The predicted octanol–water partition coefficient (Wildman–Crippen LogP) is 2.96. The highest BCUT2D eigenvalue weighted by Crippen LogP contribution is 2.23. The van der Waals surface area contributed by atoms with Gasteiger partial charge in [-0.1, -0.05) is 30.3 Å². The third-order valence-electron chi connectivity index (χ3n) is 4.15. The van der Waals surface area contributed by atoms with Crippen molar-refractivity contribution in [3.63, 3.8) is 0 Å². The van der Waals surface area contributed by atoms with Crippen molar-refractivity contribution in [2.45, 2.75) is 13.0 Å². The molecule has 1 amide bonds. The number of nitrogens with one attached hydrogen (secondary N) is 2. The van der Waals surface area contributed by atoms with Gasteiger partial charge >= 0.3 is 0 Å². The topological polar surface area (TPSA) is 69.7 Å². The van der Waals surface area contributed by atoms with Crippen LogP contribution in [0.4, 0.5) is 0 Å². The van der Waals surface area contributed by atoms with Gasteiger partial charge in [-0.3, -0.25) is 9.69 Å². The lowest BCUT2D eigenvalue weighted by Gasteiger charge is -2.34. The molecule has 1 aromatic heterocycles. The molecule has 1 aliphatic heterocycles. The first-order valence-electron chi connectivity index (χ1n) is 8.20. The van der Waals surface area contributed by atoms with Crippen LogP contribution in [0, 0.1) is 0 Å². The van der Waals surface area contributed by atoms with E-state index in [4.69, 9.17) is 4.74 Å². The van der Waals surface area contributed by atoms with E-state index in [1.165, 1.54) is 0 Å². The van der Waals surface area contributed by atoms with Crippen LogP contribution in [0.3, 0.4) is 0 Å². The molecular weight excluding hydrogens is 384 g/mol. The molecule has 1 fully saturated rings. The van der Waals surface area contributed by atoms with Crippen LogP contribution in [0.25, 0.3) is 0 Å². The van der Waals surface area contributed by atoms with Gasteiger partial charge in [0.05, 0.1) is 25.0 Å². The Morgan fingerprint density at radius 1 is 1.32 bits per heavy atom. The largest absolute Gasteiger partial charge is 0.379 e. The summed E-state index contributed by atoms with van der Waals surface area (Å²) in [5.41, 5.74) is 5.10. The second kappa shape index (κ2) is 8.42. The highest BCUT2D eigenvalue weighted by Gasteiger charge is 2.25.